The highest BCUT2D eigenvalue weighted by molar-refractivity contribution is 7.89. The summed E-state index contributed by atoms with van der Waals surface area (Å²) >= 11 is 6.04. The molecule has 1 aromatic carbocycles. The van der Waals surface area contributed by atoms with Crippen molar-refractivity contribution in [1.82, 2.24) is 9.21 Å². The standard InChI is InChI=1S/C15H23ClN2O3S/c1-12(2)11-17-6-8-18(9-7-17)22(19,20)13-4-5-15(21-3)14(16)10-13/h4-5,10,12H,6-9,11H2,1-3H3. The van der Waals surface area contributed by atoms with E-state index in [0.717, 1.165) is 19.6 Å². The van der Waals surface area contributed by atoms with E-state index in [0.29, 0.717) is 29.8 Å². The van der Waals surface area contributed by atoms with Crippen LogP contribution in [0.25, 0.3) is 0 Å². The predicted molar refractivity (Wildman–Crippen MR) is 88.0 cm³/mol. The first kappa shape index (κ1) is 17.5. The van der Waals surface area contributed by atoms with E-state index in [1.807, 2.05) is 0 Å². The normalized spacial score (nSPS) is 17.9. The first-order chi connectivity index (χ1) is 10.3. The molecule has 0 saturated carbocycles. The maximum atomic E-state index is 12.7. The molecular formula is C15H23ClN2O3S. The number of nitrogens with zero attached hydrogens (tertiary/aromatic N) is 2. The van der Waals surface area contributed by atoms with Crippen LogP contribution in [0.2, 0.25) is 5.02 Å². The van der Waals surface area contributed by atoms with Crippen molar-refractivity contribution < 1.29 is 13.2 Å². The Balaban J connectivity index is 2.10. The summed E-state index contributed by atoms with van der Waals surface area (Å²) in [6.07, 6.45) is 0. The fourth-order valence-electron chi connectivity index (χ4n) is 2.63. The largest absolute Gasteiger partial charge is 0.495 e. The second-order valence-electron chi connectivity index (χ2n) is 5.89. The van der Waals surface area contributed by atoms with Crippen molar-refractivity contribution in [2.45, 2.75) is 18.7 Å². The van der Waals surface area contributed by atoms with Gasteiger partial charge >= 0.3 is 0 Å². The second-order valence-corrected chi connectivity index (χ2v) is 8.24. The Morgan fingerprint density at radius 1 is 1.23 bits per heavy atom. The van der Waals surface area contributed by atoms with Gasteiger partial charge in [-0.25, -0.2) is 8.42 Å². The third kappa shape index (κ3) is 3.93. The number of benzene rings is 1. The molecule has 0 aromatic heterocycles. The Hall–Kier alpha value is -0.820. The third-order valence-electron chi connectivity index (χ3n) is 3.72. The summed E-state index contributed by atoms with van der Waals surface area (Å²) in [6, 6.07) is 4.58. The number of piperazine rings is 1. The lowest BCUT2D eigenvalue weighted by Gasteiger charge is -2.34. The third-order valence-corrected chi connectivity index (χ3v) is 5.91. The summed E-state index contributed by atoms with van der Waals surface area (Å²) in [5, 5.41) is 0.307. The van der Waals surface area contributed by atoms with Gasteiger partial charge in [-0.05, 0) is 24.1 Å². The minimum atomic E-state index is -3.49. The zero-order chi connectivity index (χ0) is 16.3. The monoisotopic (exact) mass is 346 g/mol. The average molecular weight is 347 g/mol. The van der Waals surface area contributed by atoms with E-state index in [4.69, 9.17) is 16.3 Å². The van der Waals surface area contributed by atoms with Crippen molar-refractivity contribution in [1.29, 1.82) is 0 Å². The highest BCUT2D eigenvalue weighted by atomic mass is 35.5. The summed E-state index contributed by atoms with van der Waals surface area (Å²) < 4.78 is 31.9. The molecule has 0 amide bonds. The van der Waals surface area contributed by atoms with Crippen LogP contribution in [0.4, 0.5) is 0 Å². The molecule has 7 heteroatoms. The molecule has 2 rings (SSSR count). The molecule has 5 nitrogen and oxygen atoms in total. The zero-order valence-electron chi connectivity index (χ0n) is 13.3. The molecule has 0 unspecified atom stereocenters. The summed E-state index contributed by atoms with van der Waals surface area (Å²) in [5.74, 6) is 1.06. The molecule has 124 valence electrons. The molecule has 0 aliphatic carbocycles. The lowest BCUT2D eigenvalue weighted by Crippen LogP contribution is -2.49. The van der Waals surface area contributed by atoms with Gasteiger partial charge in [0.1, 0.15) is 5.75 Å². The van der Waals surface area contributed by atoms with Crippen molar-refractivity contribution in [2.75, 3.05) is 39.8 Å². The van der Waals surface area contributed by atoms with E-state index in [1.54, 1.807) is 12.1 Å². The number of ether oxygens (including phenoxy) is 1. The molecule has 22 heavy (non-hydrogen) atoms. The van der Waals surface area contributed by atoms with Crippen LogP contribution < -0.4 is 4.74 Å². The van der Waals surface area contributed by atoms with Gasteiger partial charge in [-0.2, -0.15) is 4.31 Å². The van der Waals surface area contributed by atoms with E-state index < -0.39 is 10.0 Å². The smallest absolute Gasteiger partial charge is 0.243 e. The van der Waals surface area contributed by atoms with Crippen molar-refractivity contribution in [3.05, 3.63) is 23.2 Å². The van der Waals surface area contributed by atoms with Crippen molar-refractivity contribution >= 4 is 21.6 Å². The summed E-state index contributed by atoms with van der Waals surface area (Å²) in [4.78, 5) is 2.52. The van der Waals surface area contributed by atoms with Crippen LogP contribution in [0.3, 0.4) is 0 Å². The molecule has 1 heterocycles. The molecule has 1 saturated heterocycles. The maximum absolute atomic E-state index is 12.7. The quantitative estimate of drug-likeness (QED) is 0.821. The molecule has 0 radical (unpaired) electrons. The Bertz CT molecular complexity index is 611. The van der Waals surface area contributed by atoms with Crippen LogP contribution in [0.1, 0.15) is 13.8 Å². The Morgan fingerprint density at radius 3 is 2.36 bits per heavy atom. The number of halogens is 1. The van der Waals surface area contributed by atoms with Crippen LogP contribution >= 0.6 is 11.6 Å². The van der Waals surface area contributed by atoms with Gasteiger partial charge in [0.25, 0.3) is 0 Å². The van der Waals surface area contributed by atoms with Gasteiger partial charge in [-0.3, -0.25) is 0 Å². The molecule has 0 bridgehead atoms. The molecule has 0 N–H and O–H groups in total. The molecule has 0 spiro atoms. The van der Waals surface area contributed by atoms with E-state index in [2.05, 4.69) is 18.7 Å². The lowest BCUT2D eigenvalue weighted by molar-refractivity contribution is 0.172. The molecule has 1 aliphatic rings. The predicted octanol–water partition coefficient (Wildman–Crippen LogP) is 2.31. The van der Waals surface area contributed by atoms with Crippen molar-refractivity contribution in [3.63, 3.8) is 0 Å². The fraction of sp³-hybridized carbons (Fsp3) is 0.600. The van der Waals surface area contributed by atoms with Crippen LogP contribution in [-0.2, 0) is 10.0 Å². The Labute approximate surface area is 137 Å². The van der Waals surface area contributed by atoms with E-state index >= 15 is 0 Å². The van der Waals surface area contributed by atoms with Crippen LogP contribution in [0.15, 0.2) is 23.1 Å². The molecular weight excluding hydrogens is 324 g/mol. The summed E-state index contributed by atoms with van der Waals surface area (Å²) in [6.45, 7) is 7.90. The SMILES string of the molecule is COc1ccc(S(=O)(=O)N2CCN(CC(C)C)CC2)cc1Cl. The Kier molecular flexibility index (Phi) is 5.71. The summed E-state index contributed by atoms with van der Waals surface area (Å²) in [5.41, 5.74) is 0. The molecule has 0 atom stereocenters. The first-order valence-electron chi connectivity index (χ1n) is 7.40. The highest BCUT2D eigenvalue weighted by Gasteiger charge is 2.29. The van der Waals surface area contributed by atoms with E-state index in [1.165, 1.54) is 17.5 Å². The number of sulfonamides is 1. The topological polar surface area (TPSA) is 49.9 Å². The zero-order valence-corrected chi connectivity index (χ0v) is 14.8. The van der Waals surface area contributed by atoms with Crippen LogP contribution in [0, 0.1) is 5.92 Å². The van der Waals surface area contributed by atoms with Crippen LogP contribution in [-0.4, -0.2) is 57.5 Å². The van der Waals surface area contributed by atoms with Gasteiger partial charge in [0, 0.05) is 32.7 Å². The summed E-state index contributed by atoms with van der Waals surface area (Å²) in [7, 11) is -1.99. The molecule has 1 aliphatic heterocycles. The average Bonchev–Trinajstić information content (AvgIpc) is 2.47. The fourth-order valence-corrected chi connectivity index (χ4v) is 4.40. The number of rotatable bonds is 5. The van der Waals surface area contributed by atoms with Crippen molar-refractivity contribution in [3.8, 4) is 5.75 Å². The van der Waals surface area contributed by atoms with Gasteiger partial charge in [0.15, 0.2) is 0 Å². The van der Waals surface area contributed by atoms with Gasteiger partial charge in [0.05, 0.1) is 17.0 Å². The number of hydrogen-bond donors (Lipinski definition) is 0. The maximum Gasteiger partial charge on any atom is 0.243 e. The first-order valence-corrected chi connectivity index (χ1v) is 9.22. The minimum Gasteiger partial charge on any atom is -0.495 e. The molecule has 1 aromatic rings. The van der Waals surface area contributed by atoms with Gasteiger partial charge < -0.3 is 9.64 Å². The van der Waals surface area contributed by atoms with Crippen LogP contribution in [0.5, 0.6) is 5.75 Å². The Morgan fingerprint density at radius 2 is 1.86 bits per heavy atom. The number of hydrogen-bond acceptors (Lipinski definition) is 4. The highest BCUT2D eigenvalue weighted by Crippen LogP contribution is 2.28. The van der Waals surface area contributed by atoms with Crippen molar-refractivity contribution in [2.24, 2.45) is 5.92 Å². The number of methoxy groups -OCH3 is 1. The van der Waals surface area contributed by atoms with E-state index in [9.17, 15) is 8.42 Å². The second kappa shape index (κ2) is 7.17. The lowest BCUT2D eigenvalue weighted by atomic mass is 10.2. The van der Waals surface area contributed by atoms with E-state index in [-0.39, 0.29) is 4.90 Å². The minimum absolute atomic E-state index is 0.218. The molecule has 1 fully saturated rings. The van der Waals surface area contributed by atoms with Gasteiger partial charge in [0.2, 0.25) is 10.0 Å². The van der Waals surface area contributed by atoms with Gasteiger partial charge in [-0.1, -0.05) is 25.4 Å². The van der Waals surface area contributed by atoms with Gasteiger partial charge in [-0.15, -0.1) is 0 Å².